The van der Waals surface area contributed by atoms with Gasteiger partial charge in [-0.3, -0.25) is 0 Å². The van der Waals surface area contributed by atoms with Crippen molar-refractivity contribution < 1.29 is 0 Å². The van der Waals surface area contributed by atoms with Gasteiger partial charge in [0.15, 0.2) is 0 Å². The van der Waals surface area contributed by atoms with Crippen LogP contribution in [0.25, 0.3) is 22.6 Å². The molecule has 0 aliphatic carbocycles. The Morgan fingerprint density at radius 2 is 1.68 bits per heavy atom. The van der Waals surface area contributed by atoms with Crippen LogP contribution in [0.2, 0.25) is 5.02 Å². The minimum atomic E-state index is 0.575. The van der Waals surface area contributed by atoms with Crippen LogP contribution in [0.1, 0.15) is 11.1 Å². The van der Waals surface area contributed by atoms with Gasteiger partial charge in [-0.1, -0.05) is 69.1 Å². The average Bonchev–Trinajstić information content (AvgIpc) is 2.41. The molecule has 0 unspecified atom stereocenters. The Balaban J connectivity index is 2.21. The van der Waals surface area contributed by atoms with Crippen LogP contribution in [-0.4, -0.2) is 0 Å². The lowest BCUT2D eigenvalue weighted by molar-refractivity contribution is 1.44. The summed E-state index contributed by atoms with van der Waals surface area (Å²) in [4.78, 5) is 2.76. The number of nitrogens with zero attached hydrogens (tertiary/aromatic N) is 3. The van der Waals surface area contributed by atoms with Gasteiger partial charge < -0.3 is 0 Å². The summed E-state index contributed by atoms with van der Waals surface area (Å²) >= 11 is 9.19. The second-order valence-electron chi connectivity index (χ2n) is 3.79. The molecule has 2 aromatic carbocycles. The van der Waals surface area contributed by atoms with E-state index in [1.54, 1.807) is 6.07 Å². The Hall–Kier alpha value is -1.74. The van der Waals surface area contributed by atoms with Gasteiger partial charge in [-0.25, -0.2) is 0 Å². The number of rotatable bonds is 3. The predicted molar refractivity (Wildman–Crippen MR) is 83.3 cm³/mol. The van der Waals surface area contributed by atoms with E-state index in [1.807, 2.05) is 48.6 Å². The molecule has 3 nitrogen and oxygen atoms in total. The van der Waals surface area contributed by atoms with Crippen LogP contribution >= 0.6 is 27.5 Å². The topological polar surface area (TPSA) is 48.8 Å². The molecule has 0 N–H and O–H groups in total. The molecule has 0 amide bonds. The second-order valence-corrected chi connectivity index (χ2v) is 5.08. The molecule has 0 bridgehead atoms. The van der Waals surface area contributed by atoms with Crippen molar-refractivity contribution in [2.45, 2.75) is 0 Å². The highest BCUT2D eigenvalue weighted by Crippen LogP contribution is 2.27. The molecule has 0 aromatic heterocycles. The van der Waals surface area contributed by atoms with Crippen LogP contribution < -0.4 is 0 Å². The summed E-state index contributed by atoms with van der Waals surface area (Å²) in [5.41, 5.74) is 11.1. The van der Waals surface area contributed by atoms with E-state index in [0.29, 0.717) is 5.69 Å². The molecule has 0 spiro atoms. The van der Waals surface area contributed by atoms with Gasteiger partial charge in [-0.15, -0.1) is 0 Å². The maximum Gasteiger partial charge on any atom is 0.0517 e. The minimum absolute atomic E-state index is 0.575. The molecule has 0 radical (unpaired) electrons. The first-order valence-electron chi connectivity index (χ1n) is 5.47. The molecule has 0 saturated carbocycles. The van der Waals surface area contributed by atoms with E-state index in [2.05, 4.69) is 26.0 Å². The number of hydrogen-bond acceptors (Lipinski definition) is 1. The van der Waals surface area contributed by atoms with Crippen LogP contribution in [0.4, 0.5) is 5.69 Å². The number of azide groups is 1. The normalized spacial score (nSPS) is 10.4. The van der Waals surface area contributed by atoms with Crippen LogP contribution in [0.3, 0.4) is 0 Å². The maximum atomic E-state index is 8.40. The molecule has 5 heteroatoms. The Morgan fingerprint density at radius 1 is 1.05 bits per heavy atom. The van der Waals surface area contributed by atoms with Crippen molar-refractivity contribution in [2.24, 2.45) is 5.11 Å². The Bertz CT molecular complexity index is 659. The van der Waals surface area contributed by atoms with Gasteiger partial charge in [0.1, 0.15) is 0 Å². The zero-order chi connectivity index (χ0) is 13.7. The maximum absolute atomic E-state index is 8.40. The second kappa shape index (κ2) is 6.43. The van der Waals surface area contributed by atoms with Gasteiger partial charge in [-0.05, 0) is 34.9 Å². The SMILES string of the molecule is [N-]=[N+]=Nc1ccc(/C=C/c2ccc(Cl)cc2)cc1Br. The summed E-state index contributed by atoms with van der Waals surface area (Å²) in [6.45, 7) is 0. The van der Waals surface area contributed by atoms with E-state index >= 15 is 0 Å². The highest BCUT2D eigenvalue weighted by Gasteiger charge is 1.97. The first-order valence-corrected chi connectivity index (χ1v) is 6.64. The molecular formula is C14H9BrClN3. The van der Waals surface area contributed by atoms with E-state index in [0.717, 1.165) is 20.6 Å². The Kier molecular flexibility index (Phi) is 4.63. The highest BCUT2D eigenvalue weighted by atomic mass is 79.9. The molecule has 94 valence electrons. The van der Waals surface area contributed by atoms with Gasteiger partial charge in [0.2, 0.25) is 0 Å². The number of benzene rings is 2. The fourth-order valence-electron chi connectivity index (χ4n) is 1.52. The van der Waals surface area contributed by atoms with Crippen molar-refractivity contribution in [2.75, 3.05) is 0 Å². The van der Waals surface area contributed by atoms with E-state index in [9.17, 15) is 0 Å². The molecule has 0 heterocycles. The molecular weight excluding hydrogens is 326 g/mol. The summed E-state index contributed by atoms with van der Waals surface area (Å²) in [6, 6.07) is 13.1. The lowest BCUT2D eigenvalue weighted by Gasteiger charge is -1.99. The zero-order valence-corrected chi connectivity index (χ0v) is 12.1. The fourth-order valence-corrected chi connectivity index (χ4v) is 2.12. The number of hydrogen-bond donors (Lipinski definition) is 0. The quantitative estimate of drug-likeness (QED) is 0.277. The van der Waals surface area contributed by atoms with E-state index in [4.69, 9.17) is 17.1 Å². The minimum Gasteiger partial charge on any atom is -0.0843 e. The third-order valence-electron chi connectivity index (χ3n) is 2.46. The van der Waals surface area contributed by atoms with Gasteiger partial charge >= 0.3 is 0 Å². The van der Waals surface area contributed by atoms with E-state index in [-0.39, 0.29) is 0 Å². The van der Waals surface area contributed by atoms with Gasteiger partial charge in [0, 0.05) is 14.4 Å². The fraction of sp³-hybridized carbons (Fsp3) is 0. The largest absolute Gasteiger partial charge is 0.0843 e. The van der Waals surface area contributed by atoms with Crippen molar-refractivity contribution in [1.82, 2.24) is 0 Å². The average molecular weight is 335 g/mol. The first-order chi connectivity index (χ1) is 9.19. The lowest BCUT2D eigenvalue weighted by Crippen LogP contribution is -1.74. The van der Waals surface area contributed by atoms with Crippen LogP contribution in [0.15, 0.2) is 52.1 Å². The van der Waals surface area contributed by atoms with Gasteiger partial charge in [0.25, 0.3) is 0 Å². The molecule has 0 saturated heterocycles. The van der Waals surface area contributed by atoms with Gasteiger partial charge in [0.05, 0.1) is 5.69 Å². The highest BCUT2D eigenvalue weighted by molar-refractivity contribution is 9.10. The molecule has 0 fully saturated rings. The monoisotopic (exact) mass is 333 g/mol. The standard InChI is InChI=1S/C14H9BrClN3/c15-13-9-11(5-8-14(13)18-19-17)2-1-10-3-6-12(16)7-4-10/h1-9H/b2-1+. The van der Waals surface area contributed by atoms with Crippen molar-refractivity contribution in [3.8, 4) is 0 Å². The van der Waals surface area contributed by atoms with Crippen molar-refractivity contribution >= 4 is 45.4 Å². The summed E-state index contributed by atoms with van der Waals surface area (Å²) in [7, 11) is 0. The van der Waals surface area contributed by atoms with Crippen molar-refractivity contribution in [3.63, 3.8) is 0 Å². The Labute approximate surface area is 124 Å². The third kappa shape index (κ3) is 3.86. The predicted octanol–water partition coefficient (Wildman–Crippen LogP) is 6.21. The summed E-state index contributed by atoms with van der Waals surface area (Å²) < 4.78 is 0.767. The zero-order valence-electron chi connectivity index (χ0n) is 9.79. The van der Waals surface area contributed by atoms with Crippen molar-refractivity contribution in [1.29, 1.82) is 0 Å². The summed E-state index contributed by atoms with van der Waals surface area (Å²) in [6.07, 6.45) is 3.97. The van der Waals surface area contributed by atoms with E-state index < -0.39 is 0 Å². The molecule has 2 aromatic rings. The summed E-state index contributed by atoms with van der Waals surface area (Å²) in [5.74, 6) is 0. The molecule has 0 aliphatic rings. The van der Waals surface area contributed by atoms with Crippen LogP contribution in [0, 0.1) is 0 Å². The van der Waals surface area contributed by atoms with Crippen LogP contribution in [0.5, 0.6) is 0 Å². The Morgan fingerprint density at radius 3 is 2.32 bits per heavy atom. The molecule has 0 aliphatic heterocycles. The van der Waals surface area contributed by atoms with Crippen molar-refractivity contribution in [3.05, 3.63) is 73.5 Å². The third-order valence-corrected chi connectivity index (χ3v) is 3.35. The smallest absolute Gasteiger partial charge is 0.0517 e. The summed E-state index contributed by atoms with van der Waals surface area (Å²) in [5, 5.41) is 4.29. The number of halogens is 2. The lowest BCUT2D eigenvalue weighted by atomic mass is 10.1. The first kappa shape index (κ1) is 13.7. The van der Waals surface area contributed by atoms with Crippen LogP contribution in [-0.2, 0) is 0 Å². The molecule has 2 rings (SSSR count). The molecule has 0 atom stereocenters. The van der Waals surface area contributed by atoms with E-state index in [1.165, 1.54) is 0 Å². The molecule has 19 heavy (non-hydrogen) atoms. The van der Waals surface area contributed by atoms with Gasteiger partial charge in [-0.2, -0.15) is 0 Å².